The molecule has 0 aliphatic heterocycles. The van der Waals surface area contributed by atoms with Crippen molar-refractivity contribution in [1.82, 2.24) is 5.43 Å². The van der Waals surface area contributed by atoms with E-state index in [4.69, 9.17) is 10.8 Å². The maximum absolute atomic E-state index is 10.7. The highest BCUT2D eigenvalue weighted by molar-refractivity contribution is 7.80. The molecule has 0 bridgehead atoms. The quantitative estimate of drug-likeness (QED) is 0.342. The Morgan fingerprint density at radius 3 is 2.81 bits per heavy atom. The average Bonchev–Trinajstić information content (AvgIpc) is 2.19. The Morgan fingerprint density at radius 2 is 2.25 bits per heavy atom. The number of carboxylic acids is 1. The van der Waals surface area contributed by atoms with Crippen LogP contribution in [0.15, 0.2) is 23.3 Å². The fourth-order valence-corrected chi connectivity index (χ4v) is 1.06. The summed E-state index contributed by atoms with van der Waals surface area (Å²) in [7, 11) is 0. The molecule has 0 aliphatic rings. The van der Waals surface area contributed by atoms with E-state index in [1.165, 1.54) is 24.4 Å². The largest absolute Gasteiger partial charge is 0.506 e. The van der Waals surface area contributed by atoms with Gasteiger partial charge in [-0.1, -0.05) is 6.07 Å². The van der Waals surface area contributed by atoms with E-state index in [9.17, 15) is 9.90 Å². The topological polar surface area (TPSA) is 108 Å². The SMILES string of the molecule is NC(=S)N/N=C\c1cccc(C(=O)O)c1O. The molecular weight excluding hydrogens is 230 g/mol. The second-order valence-corrected chi connectivity index (χ2v) is 3.22. The molecule has 0 heterocycles. The van der Waals surface area contributed by atoms with Crippen molar-refractivity contribution in [3.8, 4) is 5.75 Å². The normalized spacial score (nSPS) is 10.2. The number of hydrazone groups is 1. The van der Waals surface area contributed by atoms with Crippen LogP contribution in [0.5, 0.6) is 5.75 Å². The summed E-state index contributed by atoms with van der Waals surface area (Å²) in [6, 6.07) is 4.29. The molecule has 16 heavy (non-hydrogen) atoms. The predicted octanol–water partition coefficient (Wildman–Crippen LogP) is 0.257. The third kappa shape index (κ3) is 2.92. The van der Waals surface area contributed by atoms with Gasteiger partial charge in [-0.3, -0.25) is 5.43 Å². The van der Waals surface area contributed by atoms with Crippen LogP contribution in [-0.2, 0) is 0 Å². The number of benzene rings is 1. The fourth-order valence-electron chi connectivity index (χ4n) is 1.00. The van der Waals surface area contributed by atoms with Crippen LogP contribution < -0.4 is 11.2 Å². The highest BCUT2D eigenvalue weighted by atomic mass is 32.1. The summed E-state index contributed by atoms with van der Waals surface area (Å²) < 4.78 is 0. The standard InChI is InChI=1S/C9H9N3O3S/c10-9(16)12-11-4-5-2-1-3-6(7(5)13)8(14)15/h1-4,13H,(H,14,15)(H3,10,12,16)/b11-4-. The molecule has 0 atom stereocenters. The first-order valence-electron chi connectivity index (χ1n) is 4.16. The van der Waals surface area contributed by atoms with Gasteiger partial charge in [-0.15, -0.1) is 0 Å². The molecule has 0 radical (unpaired) electrons. The van der Waals surface area contributed by atoms with Crippen LogP contribution in [-0.4, -0.2) is 27.5 Å². The summed E-state index contributed by atoms with van der Waals surface area (Å²) in [5, 5.41) is 21.9. The number of carbonyl (C=O) groups is 1. The van der Waals surface area contributed by atoms with Crippen molar-refractivity contribution in [2.45, 2.75) is 0 Å². The lowest BCUT2D eigenvalue weighted by molar-refractivity contribution is 0.0693. The van der Waals surface area contributed by atoms with E-state index in [1.54, 1.807) is 0 Å². The van der Waals surface area contributed by atoms with E-state index < -0.39 is 5.97 Å². The first-order chi connectivity index (χ1) is 7.52. The minimum Gasteiger partial charge on any atom is -0.506 e. The third-order valence-electron chi connectivity index (χ3n) is 1.68. The van der Waals surface area contributed by atoms with Crippen LogP contribution in [0.2, 0.25) is 0 Å². The zero-order valence-electron chi connectivity index (χ0n) is 8.04. The van der Waals surface area contributed by atoms with E-state index in [2.05, 4.69) is 22.7 Å². The number of nitrogens with zero attached hydrogens (tertiary/aromatic N) is 1. The molecular formula is C9H9N3O3S. The Hall–Kier alpha value is -2.15. The number of aromatic hydroxyl groups is 1. The number of para-hydroxylation sites is 1. The number of phenols is 1. The molecule has 0 saturated carbocycles. The maximum Gasteiger partial charge on any atom is 0.339 e. The number of aromatic carboxylic acids is 1. The van der Waals surface area contributed by atoms with Crippen molar-refractivity contribution in [3.05, 3.63) is 29.3 Å². The lowest BCUT2D eigenvalue weighted by Gasteiger charge is -2.02. The van der Waals surface area contributed by atoms with Crippen LogP contribution >= 0.6 is 12.2 Å². The van der Waals surface area contributed by atoms with E-state index in [0.717, 1.165) is 0 Å². The van der Waals surface area contributed by atoms with Gasteiger partial charge in [0.15, 0.2) is 5.11 Å². The Kier molecular flexibility index (Phi) is 3.78. The van der Waals surface area contributed by atoms with Gasteiger partial charge < -0.3 is 15.9 Å². The van der Waals surface area contributed by atoms with Crippen molar-refractivity contribution in [1.29, 1.82) is 0 Å². The Labute approximate surface area is 96.4 Å². The van der Waals surface area contributed by atoms with Crippen molar-refractivity contribution in [3.63, 3.8) is 0 Å². The molecule has 1 aromatic rings. The minimum atomic E-state index is -1.21. The lowest BCUT2D eigenvalue weighted by atomic mass is 10.1. The summed E-state index contributed by atoms with van der Waals surface area (Å²) in [6.45, 7) is 0. The van der Waals surface area contributed by atoms with Gasteiger partial charge in [-0.2, -0.15) is 5.10 Å². The molecule has 0 amide bonds. The highest BCUT2D eigenvalue weighted by Crippen LogP contribution is 2.20. The Morgan fingerprint density at radius 1 is 1.56 bits per heavy atom. The maximum atomic E-state index is 10.7. The summed E-state index contributed by atoms with van der Waals surface area (Å²) in [6.07, 6.45) is 1.22. The van der Waals surface area contributed by atoms with Crippen molar-refractivity contribution >= 4 is 29.5 Å². The number of nitrogens with one attached hydrogen (secondary N) is 1. The second-order valence-electron chi connectivity index (χ2n) is 2.78. The molecule has 0 saturated heterocycles. The van der Waals surface area contributed by atoms with Gasteiger partial charge in [0.25, 0.3) is 0 Å². The number of rotatable bonds is 3. The van der Waals surface area contributed by atoms with Crippen molar-refractivity contribution in [2.24, 2.45) is 10.8 Å². The Balaban J connectivity index is 2.97. The van der Waals surface area contributed by atoms with Crippen LogP contribution in [0.4, 0.5) is 0 Å². The first kappa shape index (κ1) is 11.9. The van der Waals surface area contributed by atoms with Gasteiger partial charge in [0.2, 0.25) is 0 Å². The molecule has 1 rings (SSSR count). The number of hydrogen-bond acceptors (Lipinski definition) is 4. The fraction of sp³-hybridized carbons (Fsp3) is 0. The molecule has 0 spiro atoms. The minimum absolute atomic E-state index is 0.0230. The molecule has 0 aliphatic carbocycles. The second kappa shape index (κ2) is 5.08. The first-order valence-corrected chi connectivity index (χ1v) is 4.57. The third-order valence-corrected chi connectivity index (χ3v) is 1.77. The average molecular weight is 239 g/mol. The van der Waals surface area contributed by atoms with Crippen molar-refractivity contribution in [2.75, 3.05) is 0 Å². The molecule has 0 unspecified atom stereocenters. The van der Waals surface area contributed by atoms with E-state index in [0.29, 0.717) is 0 Å². The number of thiocarbonyl (C=S) groups is 1. The predicted molar refractivity (Wildman–Crippen MR) is 62.6 cm³/mol. The van der Waals surface area contributed by atoms with Crippen LogP contribution in [0, 0.1) is 0 Å². The summed E-state index contributed by atoms with van der Waals surface area (Å²) >= 11 is 4.51. The van der Waals surface area contributed by atoms with Crippen LogP contribution in [0.1, 0.15) is 15.9 Å². The van der Waals surface area contributed by atoms with Gasteiger partial charge in [0, 0.05) is 5.56 Å². The summed E-state index contributed by atoms with van der Waals surface area (Å²) in [4.78, 5) is 10.7. The number of carboxylic acid groups (broad SMARTS) is 1. The van der Waals surface area contributed by atoms with Gasteiger partial charge in [0.1, 0.15) is 11.3 Å². The molecule has 6 nitrogen and oxygen atoms in total. The van der Waals surface area contributed by atoms with Crippen molar-refractivity contribution < 1.29 is 15.0 Å². The molecule has 84 valence electrons. The lowest BCUT2D eigenvalue weighted by Crippen LogP contribution is -2.24. The molecule has 7 heteroatoms. The summed E-state index contributed by atoms with van der Waals surface area (Å²) in [5.74, 6) is -1.57. The van der Waals surface area contributed by atoms with E-state index in [1.807, 2.05) is 0 Å². The molecule has 1 aromatic carbocycles. The monoisotopic (exact) mass is 239 g/mol. The summed E-state index contributed by atoms with van der Waals surface area (Å²) in [5.41, 5.74) is 7.47. The molecule has 0 fully saturated rings. The van der Waals surface area contributed by atoms with Gasteiger partial charge in [-0.25, -0.2) is 4.79 Å². The van der Waals surface area contributed by atoms with E-state index in [-0.39, 0.29) is 22.0 Å². The number of nitrogens with two attached hydrogens (primary N) is 1. The molecule has 5 N–H and O–H groups in total. The smallest absolute Gasteiger partial charge is 0.339 e. The number of hydrogen-bond donors (Lipinski definition) is 4. The zero-order chi connectivity index (χ0) is 12.1. The van der Waals surface area contributed by atoms with Gasteiger partial charge in [0.05, 0.1) is 6.21 Å². The zero-order valence-corrected chi connectivity index (χ0v) is 8.86. The highest BCUT2D eigenvalue weighted by Gasteiger charge is 2.11. The van der Waals surface area contributed by atoms with Crippen LogP contribution in [0.3, 0.4) is 0 Å². The molecule has 0 aromatic heterocycles. The van der Waals surface area contributed by atoms with Crippen LogP contribution in [0.25, 0.3) is 0 Å². The van der Waals surface area contributed by atoms with Gasteiger partial charge in [-0.05, 0) is 24.4 Å². The van der Waals surface area contributed by atoms with E-state index >= 15 is 0 Å². The Bertz CT molecular complexity index is 459. The van der Waals surface area contributed by atoms with Gasteiger partial charge >= 0.3 is 5.97 Å².